The second-order valence-electron chi connectivity index (χ2n) is 9.90. The molecule has 0 unspecified atom stereocenters. The van der Waals surface area contributed by atoms with Crippen molar-refractivity contribution in [1.29, 1.82) is 5.26 Å². The number of aryl methyl sites for hydroxylation is 1. The van der Waals surface area contributed by atoms with Gasteiger partial charge in [0.2, 0.25) is 0 Å². The Hall–Kier alpha value is -4.09. The van der Waals surface area contributed by atoms with Crippen molar-refractivity contribution in [3.05, 3.63) is 66.5 Å². The highest BCUT2D eigenvalue weighted by atomic mass is 19.1. The molecule has 0 N–H and O–H groups in total. The van der Waals surface area contributed by atoms with Crippen molar-refractivity contribution < 1.29 is 4.39 Å². The fourth-order valence-corrected chi connectivity index (χ4v) is 5.43. The Labute approximate surface area is 214 Å². The van der Waals surface area contributed by atoms with E-state index in [0.29, 0.717) is 11.5 Å². The lowest BCUT2D eigenvalue weighted by Crippen LogP contribution is -2.31. The number of hydrogen-bond acceptors (Lipinski definition) is 5. The summed E-state index contributed by atoms with van der Waals surface area (Å²) in [7, 11) is 2.17. The van der Waals surface area contributed by atoms with Crippen molar-refractivity contribution in [2.45, 2.75) is 32.9 Å². The maximum atomic E-state index is 14.8. The molecule has 186 valence electrons. The van der Waals surface area contributed by atoms with Crippen LogP contribution in [0.5, 0.6) is 0 Å². The number of halogens is 1. The molecule has 1 aliphatic rings. The fourth-order valence-electron chi connectivity index (χ4n) is 5.43. The van der Waals surface area contributed by atoms with Crippen LogP contribution >= 0.6 is 0 Å². The normalized spacial score (nSPS) is 15.0. The average molecular weight is 494 g/mol. The molecular formula is C29H28FN7. The van der Waals surface area contributed by atoms with Crippen molar-refractivity contribution in [1.82, 2.24) is 29.2 Å². The van der Waals surface area contributed by atoms with E-state index in [-0.39, 0.29) is 5.56 Å². The molecule has 0 bridgehead atoms. The molecule has 5 aromatic rings. The lowest BCUT2D eigenvalue weighted by atomic mass is 9.96. The molecule has 0 atom stereocenters. The number of nitriles is 1. The highest BCUT2D eigenvalue weighted by Gasteiger charge is 2.22. The van der Waals surface area contributed by atoms with Gasteiger partial charge in [-0.05, 0) is 75.6 Å². The fraction of sp³-hybridized carbons (Fsp3) is 0.310. The van der Waals surface area contributed by atoms with Crippen LogP contribution in [0.1, 0.15) is 25.3 Å². The molecule has 4 heterocycles. The third-order valence-electron chi connectivity index (χ3n) is 7.55. The van der Waals surface area contributed by atoms with Gasteiger partial charge in [-0.1, -0.05) is 12.1 Å². The number of nitrogens with zero attached hydrogens (tertiary/aromatic N) is 7. The SMILES string of the molecule is CCn1ncc2cc(-c3ncc4c(ncn4CC4CCN(C)CC4)c3-c3ccc(C#N)c(F)c3)ccc21. The summed E-state index contributed by atoms with van der Waals surface area (Å²) >= 11 is 0. The minimum atomic E-state index is -0.548. The summed E-state index contributed by atoms with van der Waals surface area (Å²) in [5.74, 6) is 0.0370. The first kappa shape index (κ1) is 23.3. The van der Waals surface area contributed by atoms with Crippen LogP contribution in [0.3, 0.4) is 0 Å². The van der Waals surface area contributed by atoms with Crippen LogP contribution in [0.2, 0.25) is 0 Å². The third-order valence-corrected chi connectivity index (χ3v) is 7.55. The summed E-state index contributed by atoms with van der Waals surface area (Å²) in [5.41, 5.74) is 5.85. The zero-order valence-corrected chi connectivity index (χ0v) is 21.0. The van der Waals surface area contributed by atoms with Crippen LogP contribution in [-0.2, 0) is 13.1 Å². The lowest BCUT2D eigenvalue weighted by molar-refractivity contribution is 0.206. The van der Waals surface area contributed by atoms with Gasteiger partial charge in [0.05, 0.1) is 41.0 Å². The summed E-state index contributed by atoms with van der Waals surface area (Å²) < 4.78 is 18.9. The Bertz CT molecular complexity index is 1650. The second-order valence-corrected chi connectivity index (χ2v) is 9.90. The number of aromatic nitrogens is 5. The minimum absolute atomic E-state index is 0.0200. The number of imidazole rings is 1. The molecule has 3 aromatic heterocycles. The molecule has 0 saturated carbocycles. The van der Waals surface area contributed by atoms with Crippen molar-refractivity contribution in [3.8, 4) is 28.5 Å². The first-order valence-electron chi connectivity index (χ1n) is 12.7. The smallest absolute Gasteiger partial charge is 0.141 e. The van der Waals surface area contributed by atoms with Crippen LogP contribution in [0.4, 0.5) is 4.39 Å². The van der Waals surface area contributed by atoms with Crippen LogP contribution in [-0.4, -0.2) is 49.4 Å². The highest BCUT2D eigenvalue weighted by Crippen LogP contribution is 2.38. The number of likely N-dealkylation sites (tertiary alicyclic amines) is 1. The van der Waals surface area contributed by atoms with Gasteiger partial charge in [-0.3, -0.25) is 9.67 Å². The quantitative estimate of drug-likeness (QED) is 0.324. The Morgan fingerprint density at radius 2 is 1.84 bits per heavy atom. The van der Waals surface area contributed by atoms with E-state index >= 15 is 0 Å². The summed E-state index contributed by atoms with van der Waals surface area (Å²) in [6.45, 7) is 5.95. The maximum Gasteiger partial charge on any atom is 0.141 e. The number of hydrogen-bond donors (Lipinski definition) is 0. The molecule has 0 radical (unpaired) electrons. The van der Waals surface area contributed by atoms with E-state index in [0.717, 1.165) is 77.8 Å². The van der Waals surface area contributed by atoms with E-state index in [4.69, 9.17) is 9.97 Å². The van der Waals surface area contributed by atoms with Gasteiger partial charge >= 0.3 is 0 Å². The van der Waals surface area contributed by atoms with E-state index in [1.165, 1.54) is 12.1 Å². The maximum absolute atomic E-state index is 14.8. The lowest BCUT2D eigenvalue weighted by Gasteiger charge is -2.29. The summed E-state index contributed by atoms with van der Waals surface area (Å²) in [4.78, 5) is 12.1. The standard InChI is InChI=1S/C29H28FN7/c1-3-37-25-7-6-21(12-23(25)15-34-37)28-27(20-4-5-22(14-31)24(30)13-20)29-26(16-32-28)36(18-33-29)17-19-8-10-35(2)11-9-19/h4-7,12-13,15-16,18-19H,3,8-11,17H2,1-2H3. The van der Waals surface area contributed by atoms with Gasteiger partial charge in [0.15, 0.2) is 0 Å². The molecule has 1 saturated heterocycles. The van der Waals surface area contributed by atoms with Gasteiger partial charge in [0.25, 0.3) is 0 Å². The van der Waals surface area contributed by atoms with Gasteiger partial charge in [-0.25, -0.2) is 9.37 Å². The van der Waals surface area contributed by atoms with Crippen LogP contribution < -0.4 is 0 Å². The Kier molecular flexibility index (Phi) is 5.93. The molecule has 7 nitrogen and oxygen atoms in total. The van der Waals surface area contributed by atoms with E-state index in [1.807, 2.05) is 35.5 Å². The van der Waals surface area contributed by atoms with Gasteiger partial charge in [-0.2, -0.15) is 10.4 Å². The van der Waals surface area contributed by atoms with Crippen LogP contribution in [0.15, 0.2) is 55.1 Å². The van der Waals surface area contributed by atoms with E-state index in [2.05, 4.69) is 40.7 Å². The van der Waals surface area contributed by atoms with E-state index < -0.39 is 5.82 Å². The average Bonchev–Trinajstić information content (AvgIpc) is 3.52. The van der Waals surface area contributed by atoms with E-state index in [1.54, 1.807) is 6.07 Å². The van der Waals surface area contributed by atoms with Gasteiger partial charge in [0, 0.05) is 29.6 Å². The first-order valence-corrected chi connectivity index (χ1v) is 12.7. The van der Waals surface area contributed by atoms with Crippen molar-refractivity contribution in [2.75, 3.05) is 20.1 Å². The topological polar surface area (TPSA) is 75.6 Å². The zero-order valence-electron chi connectivity index (χ0n) is 21.0. The number of pyridine rings is 1. The van der Waals surface area contributed by atoms with Crippen molar-refractivity contribution in [3.63, 3.8) is 0 Å². The monoisotopic (exact) mass is 493 g/mol. The number of rotatable bonds is 5. The van der Waals surface area contributed by atoms with Crippen molar-refractivity contribution >= 4 is 21.9 Å². The van der Waals surface area contributed by atoms with Gasteiger partial charge in [0.1, 0.15) is 17.4 Å². The molecule has 0 amide bonds. The summed E-state index contributed by atoms with van der Waals surface area (Å²) in [6.07, 6.45) is 7.93. The first-order chi connectivity index (χ1) is 18.1. The molecule has 1 fully saturated rings. The third kappa shape index (κ3) is 4.15. The molecular weight excluding hydrogens is 465 g/mol. The molecule has 0 spiro atoms. The molecule has 2 aromatic carbocycles. The Morgan fingerprint density at radius 3 is 2.59 bits per heavy atom. The Morgan fingerprint density at radius 1 is 1.03 bits per heavy atom. The number of benzene rings is 2. The van der Waals surface area contributed by atoms with Gasteiger partial charge in [-0.15, -0.1) is 0 Å². The van der Waals surface area contributed by atoms with Crippen molar-refractivity contribution in [2.24, 2.45) is 5.92 Å². The van der Waals surface area contributed by atoms with Gasteiger partial charge < -0.3 is 9.47 Å². The summed E-state index contributed by atoms with van der Waals surface area (Å²) in [6, 6.07) is 12.8. The van der Waals surface area contributed by atoms with Crippen LogP contribution in [0.25, 0.3) is 44.3 Å². The van der Waals surface area contributed by atoms with Crippen LogP contribution in [0, 0.1) is 23.1 Å². The number of piperidine rings is 1. The zero-order chi connectivity index (χ0) is 25.5. The van der Waals surface area contributed by atoms with E-state index in [9.17, 15) is 9.65 Å². The summed E-state index contributed by atoms with van der Waals surface area (Å²) in [5, 5.41) is 14.7. The second kappa shape index (κ2) is 9.41. The molecule has 6 rings (SSSR count). The molecule has 8 heteroatoms. The number of fused-ring (bicyclic) bond motifs is 2. The largest absolute Gasteiger partial charge is 0.329 e. The molecule has 0 aliphatic carbocycles. The molecule has 37 heavy (non-hydrogen) atoms. The minimum Gasteiger partial charge on any atom is -0.329 e. The molecule has 1 aliphatic heterocycles. The highest BCUT2D eigenvalue weighted by molar-refractivity contribution is 6.00. The predicted molar refractivity (Wildman–Crippen MR) is 142 cm³/mol. The predicted octanol–water partition coefficient (Wildman–Crippen LogP) is 5.49. The Balaban J connectivity index is 1.50.